The Labute approximate surface area is 124 Å². The number of hydrogen-bond acceptors (Lipinski definition) is 0. The molecule has 0 heterocycles. The molecule has 0 saturated heterocycles. The van der Waals surface area contributed by atoms with Crippen LogP contribution in [0.4, 0.5) is 39.5 Å². The molecule has 0 fully saturated rings. The molecule has 131 valence electrons. The van der Waals surface area contributed by atoms with E-state index in [4.69, 9.17) is 0 Å². The van der Waals surface area contributed by atoms with Crippen molar-refractivity contribution in [2.24, 2.45) is 0 Å². The molecule has 1 aromatic rings. The first-order chi connectivity index (χ1) is 9.96. The van der Waals surface area contributed by atoms with Gasteiger partial charge in [0.05, 0.1) is 0 Å². The summed E-state index contributed by atoms with van der Waals surface area (Å²) in [5.41, 5.74) is -3.70. The van der Waals surface area contributed by atoms with Crippen LogP contribution in [-0.4, -0.2) is 18.0 Å². The molecule has 0 aliphatic heterocycles. The molecule has 0 atom stereocenters. The molecule has 1 rings (SSSR count). The van der Waals surface area contributed by atoms with Crippen LogP contribution in [-0.2, 0) is 16.6 Å². The lowest BCUT2D eigenvalue weighted by Gasteiger charge is -2.34. The predicted octanol–water partition coefficient (Wildman–Crippen LogP) is 5.28. The minimum atomic E-state index is -6.94. The molecule has 0 bridgehead atoms. The summed E-state index contributed by atoms with van der Waals surface area (Å²) in [6, 6.07) is 1.76. The van der Waals surface area contributed by atoms with Gasteiger partial charge in [0.15, 0.2) is 0 Å². The molecular formula is C13H10F9O. The topological polar surface area (TPSA) is 19.9 Å². The van der Waals surface area contributed by atoms with Gasteiger partial charge in [0.25, 0.3) is 0 Å². The van der Waals surface area contributed by atoms with Crippen molar-refractivity contribution < 1.29 is 44.6 Å². The van der Waals surface area contributed by atoms with E-state index in [1.807, 2.05) is 0 Å². The smallest absolute Gasteiger partial charge is 0.225 e. The summed E-state index contributed by atoms with van der Waals surface area (Å²) in [4.78, 5) is 0. The molecule has 1 aromatic carbocycles. The van der Waals surface area contributed by atoms with Crippen LogP contribution in [0.3, 0.4) is 0 Å². The third kappa shape index (κ3) is 3.13. The van der Waals surface area contributed by atoms with Crippen LogP contribution in [0.1, 0.15) is 25.0 Å². The molecule has 1 nitrogen and oxygen atoms in total. The normalized spacial score (nSPS) is 15.0. The maximum Gasteiger partial charge on any atom is 0.460 e. The first-order valence-electron chi connectivity index (χ1n) is 5.98. The van der Waals surface area contributed by atoms with E-state index < -0.39 is 35.1 Å². The SMILES string of the molecule is CC(C)([O])c1ccc(C(F)(F)C(F)(F)C(F)(F)C(F)(F)F)cc1. The van der Waals surface area contributed by atoms with Crippen LogP contribution in [0.15, 0.2) is 24.3 Å². The largest absolute Gasteiger partial charge is 0.460 e. The van der Waals surface area contributed by atoms with Crippen LogP contribution in [0.5, 0.6) is 0 Å². The Morgan fingerprint density at radius 2 is 1.00 bits per heavy atom. The van der Waals surface area contributed by atoms with Gasteiger partial charge in [0, 0.05) is 5.56 Å². The highest BCUT2D eigenvalue weighted by Gasteiger charge is 2.81. The fourth-order valence-corrected chi connectivity index (χ4v) is 1.64. The van der Waals surface area contributed by atoms with Gasteiger partial charge in [-0.1, -0.05) is 24.3 Å². The van der Waals surface area contributed by atoms with Crippen molar-refractivity contribution >= 4 is 0 Å². The third-order valence-electron chi connectivity index (χ3n) is 3.09. The molecule has 0 saturated carbocycles. The molecule has 0 aliphatic rings. The molecule has 0 amide bonds. The number of alkyl halides is 9. The van der Waals surface area contributed by atoms with Crippen molar-refractivity contribution in [2.75, 3.05) is 0 Å². The van der Waals surface area contributed by atoms with Crippen molar-refractivity contribution in [1.29, 1.82) is 0 Å². The minimum Gasteiger partial charge on any atom is -0.225 e. The fraction of sp³-hybridized carbons (Fsp3) is 0.538. The summed E-state index contributed by atoms with van der Waals surface area (Å²) in [5.74, 6) is -19.5. The average Bonchev–Trinajstić information content (AvgIpc) is 2.36. The Balaban J connectivity index is 3.35. The second kappa shape index (κ2) is 5.29. The third-order valence-corrected chi connectivity index (χ3v) is 3.09. The van der Waals surface area contributed by atoms with E-state index in [9.17, 15) is 44.6 Å². The van der Waals surface area contributed by atoms with Gasteiger partial charge in [-0.2, -0.15) is 39.5 Å². The van der Waals surface area contributed by atoms with E-state index in [0.717, 1.165) is 13.8 Å². The van der Waals surface area contributed by atoms with Crippen LogP contribution >= 0.6 is 0 Å². The highest BCUT2D eigenvalue weighted by Crippen LogP contribution is 2.56. The standard InChI is InChI=1S/C13H10F9O/c1-9(2,23)7-3-5-8(6-4-7)10(14,15)11(16,17)12(18,19)13(20,21)22/h3-6H,1-2H3. The van der Waals surface area contributed by atoms with E-state index in [2.05, 4.69) is 0 Å². The van der Waals surface area contributed by atoms with Gasteiger partial charge in [0.2, 0.25) is 0 Å². The van der Waals surface area contributed by atoms with Crippen molar-refractivity contribution in [3.05, 3.63) is 35.4 Å². The molecule has 0 aromatic heterocycles. The molecule has 1 radical (unpaired) electrons. The Kier molecular flexibility index (Phi) is 4.50. The zero-order valence-electron chi connectivity index (χ0n) is 11.6. The Hall–Kier alpha value is -1.45. The number of hydrogen-bond donors (Lipinski definition) is 0. The zero-order valence-corrected chi connectivity index (χ0v) is 11.6. The highest BCUT2D eigenvalue weighted by atomic mass is 19.4. The monoisotopic (exact) mass is 353 g/mol. The lowest BCUT2D eigenvalue weighted by atomic mass is 9.92. The molecule has 10 heteroatoms. The molecule has 0 N–H and O–H groups in total. The van der Waals surface area contributed by atoms with Crippen LogP contribution in [0.2, 0.25) is 0 Å². The van der Waals surface area contributed by atoms with Gasteiger partial charge < -0.3 is 0 Å². The molecule has 23 heavy (non-hydrogen) atoms. The van der Waals surface area contributed by atoms with E-state index in [1.165, 1.54) is 0 Å². The van der Waals surface area contributed by atoms with Crippen molar-refractivity contribution in [2.45, 2.75) is 43.4 Å². The van der Waals surface area contributed by atoms with Gasteiger partial charge in [-0.25, -0.2) is 5.11 Å². The Morgan fingerprint density at radius 3 is 1.30 bits per heavy atom. The van der Waals surface area contributed by atoms with Crippen LogP contribution in [0, 0.1) is 0 Å². The average molecular weight is 353 g/mol. The summed E-state index contributed by atoms with van der Waals surface area (Å²) >= 11 is 0. The lowest BCUT2D eigenvalue weighted by Crippen LogP contribution is -2.59. The van der Waals surface area contributed by atoms with Crippen molar-refractivity contribution in [1.82, 2.24) is 0 Å². The fourth-order valence-electron chi connectivity index (χ4n) is 1.64. The lowest BCUT2D eigenvalue weighted by molar-refractivity contribution is -0.399. The maximum absolute atomic E-state index is 13.6. The summed E-state index contributed by atoms with van der Waals surface area (Å²) in [5, 5.41) is 11.5. The van der Waals surface area contributed by atoms with E-state index in [-0.39, 0.29) is 17.7 Å². The van der Waals surface area contributed by atoms with Crippen molar-refractivity contribution in [3.63, 3.8) is 0 Å². The summed E-state index contributed by atoms with van der Waals surface area (Å²) in [6.45, 7) is 2.24. The summed E-state index contributed by atoms with van der Waals surface area (Å²) in [7, 11) is 0. The molecular weight excluding hydrogens is 343 g/mol. The second-order valence-electron chi connectivity index (χ2n) is 5.31. The predicted molar refractivity (Wildman–Crippen MR) is 60.0 cm³/mol. The van der Waals surface area contributed by atoms with Gasteiger partial charge in [0.1, 0.15) is 5.60 Å². The zero-order chi connectivity index (χ0) is 18.5. The van der Waals surface area contributed by atoms with Gasteiger partial charge in [-0.3, -0.25) is 0 Å². The first kappa shape index (κ1) is 19.6. The minimum absolute atomic E-state index is 0.136. The van der Waals surface area contributed by atoms with Crippen LogP contribution in [0.25, 0.3) is 0 Å². The molecule has 0 unspecified atom stereocenters. The van der Waals surface area contributed by atoms with Crippen molar-refractivity contribution in [3.8, 4) is 0 Å². The number of benzene rings is 1. The van der Waals surface area contributed by atoms with Gasteiger partial charge >= 0.3 is 23.9 Å². The van der Waals surface area contributed by atoms with Crippen LogP contribution < -0.4 is 0 Å². The van der Waals surface area contributed by atoms with E-state index in [1.54, 1.807) is 0 Å². The van der Waals surface area contributed by atoms with E-state index in [0.29, 0.717) is 12.1 Å². The Morgan fingerprint density at radius 1 is 0.652 bits per heavy atom. The first-order valence-corrected chi connectivity index (χ1v) is 5.98. The van der Waals surface area contributed by atoms with Gasteiger partial charge in [-0.05, 0) is 19.4 Å². The summed E-state index contributed by atoms with van der Waals surface area (Å²) < 4.78 is 115. The summed E-state index contributed by atoms with van der Waals surface area (Å²) in [6.07, 6.45) is -6.86. The van der Waals surface area contributed by atoms with E-state index >= 15 is 0 Å². The maximum atomic E-state index is 13.6. The number of halogens is 9. The quantitative estimate of drug-likeness (QED) is 0.657. The van der Waals surface area contributed by atoms with Gasteiger partial charge in [-0.15, -0.1) is 0 Å². The Bertz CT molecular complexity index is 552. The number of rotatable bonds is 4. The second-order valence-corrected chi connectivity index (χ2v) is 5.31. The molecule has 0 aliphatic carbocycles. The molecule has 0 spiro atoms. The highest BCUT2D eigenvalue weighted by molar-refractivity contribution is 5.31.